The second-order valence-corrected chi connectivity index (χ2v) is 5.63. The maximum atomic E-state index is 5.78. The third-order valence-corrected chi connectivity index (χ3v) is 4.02. The van der Waals surface area contributed by atoms with E-state index in [-0.39, 0.29) is 0 Å². The molecule has 0 aliphatic carbocycles. The summed E-state index contributed by atoms with van der Waals surface area (Å²) in [6.07, 6.45) is 3.71. The van der Waals surface area contributed by atoms with Crippen LogP contribution in [0.4, 0.5) is 5.82 Å². The molecule has 21 heavy (non-hydrogen) atoms. The number of aromatic nitrogens is 1. The van der Waals surface area contributed by atoms with Gasteiger partial charge in [-0.25, -0.2) is 4.98 Å². The lowest BCUT2D eigenvalue weighted by molar-refractivity contribution is 0.115. The minimum atomic E-state index is 0.370. The van der Waals surface area contributed by atoms with Crippen molar-refractivity contribution < 1.29 is 4.74 Å². The van der Waals surface area contributed by atoms with Crippen molar-refractivity contribution in [2.75, 3.05) is 31.1 Å². The van der Waals surface area contributed by atoms with Crippen molar-refractivity contribution >= 4 is 5.82 Å². The molecule has 0 aromatic carbocycles. The van der Waals surface area contributed by atoms with E-state index < -0.39 is 0 Å². The van der Waals surface area contributed by atoms with E-state index in [0.717, 1.165) is 45.0 Å². The van der Waals surface area contributed by atoms with Gasteiger partial charge in [0, 0.05) is 31.9 Å². The molecule has 1 saturated heterocycles. The average molecular weight is 291 g/mol. The predicted molar refractivity (Wildman–Crippen MR) is 87.9 cm³/mol. The molecule has 2 rings (SSSR count). The Kier molecular flexibility index (Phi) is 6.46. The Balaban J connectivity index is 2.13. The molecule has 1 aliphatic heterocycles. The number of hydrogen-bond acceptors (Lipinski definition) is 4. The van der Waals surface area contributed by atoms with Crippen molar-refractivity contribution in [1.82, 2.24) is 10.3 Å². The fourth-order valence-electron chi connectivity index (χ4n) is 2.77. The van der Waals surface area contributed by atoms with Gasteiger partial charge < -0.3 is 15.0 Å². The van der Waals surface area contributed by atoms with Gasteiger partial charge >= 0.3 is 0 Å². The largest absolute Gasteiger partial charge is 0.376 e. The third kappa shape index (κ3) is 4.68. The maximum absolute atomic E-state index is 5.78. The molecule has 1 N–H and O–H groups in total. The van der Waals surface area contributed by atoms with Crippen LogP contribution in [0, 0.1) is 0 Å². The minimum Gasteiger partial charge on any atom is -0.376 e. The van der Waals surface area contributed by atoms with Crippen molar-refractivity contribution in [3.05, 3.63) is 23.4 Å². The van der Waals surface area contributed by atoms with E-state index in [9.17, 15) is 0 Å². The van der Waals surface area contributed by atoms with Crippen molar-refractivity contribution in [3.8, 4) is 0 Å². The molecule has 118 valence electrons. The molecule has 1 fully saturated rings. The molecule has 0 bridgehead atoms. The minimum absolute atomic E-state index is 0.370. The van der Waals surface area contributed by atoms with Crippen molar-refractivity contribution in [2.24, 2.45) is 0 Å². The molecule has 1 aromatic rings. The summed E-state index contributed by atoms with van der Waals surface area (Å²) in [4.78, 5) is 7.17. The first kappa shape index (κ1) is 16.2. The molecule has 1 atom stereocenters. The van der Waals surface area contributed by atoms with E-state index in [1.165, 1.54) is 24.1 Å². The first-order valence-electron chi connectivity index (χ1n) is 8.33. The summed E-state index contributed by atoms with van der Waals surface area (Å²) in [5.74, 6) is 1.10. The highest BCUT2D eigenvalue weighted by Gasteiger charge is 2.19. The molecular weight excluding hydrogens is 262 g/mol. The summed E-state index contributed by atoms with van der Waals surface area (Å²) in [5, 5.41) is 3.40. The molecular formula is C17H29N3O. The Morgan fingerprint density at radius 3 is 2.81 bits per heavy atom. The Morgan fingerprint density at radius 2 is 2.19 bits per heavy atom. The van der Waals surface area contributed by atoms with E-state index in [1.807, 2.05) is 0 Å². The van der Waals surface area contributed by atoms with E-state index >= 15 is 0 Å². The van der Waals surface area contributed by atoms with Gasteiger partial charge in [0.2, 0.25) is 0 Å². The van der Waals surface area contributed by atoms with Crippen molar-refractivity contribution in [2.45, 2.75) is 52.7 Å². The Morgan fingerprint density at radius 1 is 1.33 bits per heavy atom. The highest BCUT2D eigenvalue weighted by atomic mass is 16.5. The number of ether oxygens (including phenoxy) is 1. The van der Waals surface area contributed by atoms with E-state index in [0.29, 0.717) is 6.10 Å². The molecule has 0 saturated carbocycles. The number of rotatable bonds is 8. The SMILES string of the molecule is CCNCc1cc(CC)nc(N(CC)CC2CCCO2)c1. The first-order valence-corrected chi connectivity index (χ1v) is 8.33. The van der Waals surface area contributed by atoms with Crippen LogP contribution in [0.2, 0.25) is 0 Å². The maximum Gasteiger partial charge on any atom is 0.129 e. The second-order valence-electron chi connectivity index (χ2n) is 5.63. The number of likely N-dealkylation sites (N-methyl/N-ethyl adjacent to an activating group) is 1. The quantitative estimate of drug-likeness (QED) is 0.799. The van der Waals surface area contributed by atoms with Gasteiger partial charge in [-0.05, 0) is 50.4 Å². The van der Waals surface area contributed by atoms with Crippen LogP contribution < -0.4 is 10.2 Å². The molecule has 0 radical (unpaired) electrons. The van der Waals surface area contributed by atoms with Crippen LogP contribution in [-0.4, -0.2) is 37.3 Å². The summed E-state index contributed by atoms with van der Waals surface area (Å²) in [6, 6.07) is 4.44. The number of nitrogens with one attached hydrogen (secondary N) is 1. The molecule has 0 amide bonds. The van der Waals surface area contributed by atoms with Gasteiger partial charge in [-0.15, -0.1) is 0 Å². The highest BCUT2D eigenvalue weighted by molar-refractivity contribution is 5.43. The number of anilines is 1. The molecule has 1 aliphatic rings. The van der Waals surface area contributed by atoms with Crippen LogP contribution in [0.25, 0.3) is 0 Å². The van der Waals surface area contributed by atoms with Crippen molar-refractivity contribution in [1.29, 1.82) is 0 Å². The summed E-state index contributed by atoms with van der Waals surface area (Å²) in [7, 11) is 0. The number of aryl methyl sites for hydroxylation is 1. The molecule has 1 aromatic heterocycles. The normalized spacial score (nSPS) is 18.1. The van der Waals surface area contributed by atoms with Gasteiger partial charge in [-0.1, -0.05) is 13.8 Å². The number of hydrogen-bond donors (Lipinski definition) is 1. The molecule has 1 unspecified atom stereocenters. The summed E-state index contributed by atoms with van der Waals surface area (Å²) in [5.41, 5.74) is 2.50. The van der Waals surface area contributed by atoms with Gasteiger partial charge in [0.1, 0.15) is 5.82 Å². The monoisotopic (exact) mass is 291 g/mol. The first-order chi connectivity index (χ1) is 10.3. The van der Waals surface area contributed by atoms with Crippen LogP contribution in [0.15, 0.2) is 12.1 Å². The van der Waals surface area contributed by atoms with E-state index in [2.05, 4.69) is 43.1 Å². The Bertz CT molecular complexity index is 430. The van der Waals surface area contributed by atoms with Gasteiger partial charge in [0.25, 0.3) is 0 Å². The van der Waals surface area contributed by atoms with Crippen LogP contribution in [0.3, 0.4) is 0 Å². The topological polar surface area (TPSA) is 37.4 Å². The Labute approximate surface area is 128 Å². The fraction of sp³-hybridized carbons (Fsp3) is 0.706. The van der Waals surface area contributed by atoms with Crippen LogP contribution in [0.5, 0.6) is 0 Å². The molecule has 2 heterocycles. The fourth-order valence-corrected chi connectivity index (χ4v) is 2.77. The molecule has 4 nitrogen and oxygen atoms in total. The zero-order valence-electron chi connectivity index (χ0n) is 13.7. The molecule has 0 spiro atoms. The standard InChI is InChI=1S/C17H29N3O/c1-4-15-10-14(12-18-5-2)11-17(19-15)20(6-3)13-16-8-7-9-21-16/h10-11,16,18H,4-9,12-13H2,1-3H3. The van der Waals surface area contributed by atoms with E-state index in [4.69, 9.17) is 9.72 Å². The zero-order valence-corrected chi connectivity index (χ0v) is 13.7. The predicted octanol–water partition coefficient (Wildman–Crippen LogP) is 2.76. The average Bonchev–Trinajstić information content (AvgIpc) is 3.03. The lowest BCUT2D eigenvalue weighted by Crippen LogP contribution is -2.33. The third-order valence-electron chi connectivity index (χ3n) is 4.02. The van der Waals surface area contributed by atoms with Gasteiger partial charge in [-0.2, -0.15) is 0 Å². The highest BCUT2D eigenvalue weighted by Crippen LogP contribution is 2.20. The van der Waals surface area contributed by atoms with Gasteiger partial charge in [0.05, 0.1) is 6.10 Å². The smallest absolute Gasteiger partial charge is 0.129 e. The van der Waals surface area contributed by atoms with E-state index in [1.54, 1.807) is 0 Å². The van der Waals surface area contributed by atoms with Gasteiger partial charge in [0.15, 0.2) is 0 Å². The lowest BCUT2D eigenvalue weighted by Gasteiger charge is -2.26. The summed E-state index contributed by atoms with van der Waals surface area (Å²) in [6.45, 7) is 11.2. The zero-order chi connectivity index (χ0) is 15.1. The summed E-state index contributed by atoms with van der Waals surface area (Å²) >= 11 is 0. The van der Waals surface area contributed by atoms with Crippen LogP contribution in [-0.2, 0) is 17.7 Å². The van der Waals surface area contributed by atoms with Gasteiger partial charge in [-0.3, -0.25) is 0 Å². The number of nitrogens with zero attached hydrogens (tertiary/aromatic N) is 2. The lowest BCUT2D eigenvalue weighted by atomic mass is 10.1. The van der Waals surface area contributed by atoms with Crippen molar-refractivity contribution in [3.63, 3.8) is 0 Å². The second kappa shape index (κ2) is 8.35. The summed E-state index contributed by atoms with van der Waals surface area (Å²) < 4.78 is 5.78. The Hall–Kier alpha value is -1.13. The van der Waals surface area contributed by atoms with Crippen LogP contribution in [0.1, 0.15) is 44.9 Å². The number of pyridine rings is 1. The molecule has 4 heteroatoms. The van der Waals surface area contributed by atoms with Crippen LogP contribution >= 0.6 is 0 Å².